The third kappa shape index (κ3) is 4.17. The van der Waals surface area contributed by atoms with Crippen LogP contribution in [0, 0.1) is 33.5 Å². The lowest BCUT2D eigenvalue weighted by Crippen LogP contribution is -2.20. The average molecular weight is 383 g/mol. The van der Waals surface area contributed by atoms with Gasteiger partial charge < -0.3 is 10.6 Å². The Hall–Kier alpha value is -2.73. The molecule has 3 rings (SSSR count). The van der Waals surface area contributed by atoms with Gasteiger partial charge in [-0.05, 0) is 63.2 Å². The lowest BCUT2D eigenvalue weighted by Gasteiger charge is -2.14. The van der Waals surface area contributed by atoms with Crippen molar-refractivity contribution >= 4 is 28.7 Å². The molecule has 0 aliphatic rings. The van der Waals surface area contributed by atoms with Gasteiger partial charge in [0.05, 0.1) is 23.6 Å². The zero-order valence-corrected chi connectivity index (χ0v) is 16.7. The maximum absolute atomic E-state index is 13.9. The fraction of sp³-hybridized carbons (Fsp3) is 0.238. The number of halogens is 1. The van der Waals surface area contributed by atoms with Crippen LogP contribution in [-0.4, -0.2) is 14.9 Å². The second-order valence-electron chi connectivity index (χ2n) is 6.62. The van der Waals surface area contributed by atoms with Gasteiger partial charge in [-0.1, -0.05) is 30.3 Å². The molecule has 4 nitrogen and oxygen atoms in total. The van der Waals surface area contributed by atoms with Crippen LogP contribution in [0.4, 0.5) is 15.8 Å². The molecule has 6 heteroatoms. The Morgan fingerprint density at radius 3 is 2.52 bits per heavy atom. The van der Waals surface area contributed by atoms with Crippen molar-refractivity contribution in [1.82, 2.24) is 9.78 Å². The van der Waals surface area contributed by atoms with Crippen LogP contribution in [0.1, 0.15) is 28.1 Å². The van der Waals surface area contributed by atoms with Crippen molar-refractivity contribution in [3.8, 4) is 0 Å². The van der Waals surface area contributed by atoms with Gasteiger partial charge in [-0.3, -0.25) is 4.68 Å². The van der Waals surface area contributed by atoms with Gasteiger partial charge in [0, 0.05) is 11.3 Å². The Morgan fingerprint density at radius 1 is 1.04 bits per heavy atom. The highest BCUT2D eigenvalue weighted by atomic mass is 32.1. The van der Waals surface area contributed by atoms with E-state index in [1.54, 1.807) is 16.8 Å². The van der Waals surface area contributed by atoms with Crippen molar-refractivity contribution in [2.24, 2.45) is 0 Å². The summed E-state index contributed by atoms with van der Waals surface area (Å²) in [7, 11) is 0. The van der Waals surface area contributed by atoms with Crippen molar-refractivity contribution in [1.29, 1.82) is 0 Å². The van der Waals surface area contributed by atoms with Gasteiger partial charge in [0.2, 0.25) is 0 Å². The lowest BCUT2D eigenvalue weighted by molar-refractivity contribution is 0.579. The summed E-state index contributed by atoms with van der Waals surface area (Å²) in [5.41, 5.74) is 6.49. The monoisotopic (exact) mass is 382 g/mol. The van der Waals surface area contributed by atoms with E-state index in [0.717, 1.165) is 28.3 Å². The van der Waals surface area contributed by atoms with E-state index >= 15 is 0 Å². The minimum atomic E-state index is -0.230. The second-order valence-corrected chi connectivity index (χ2v) is 7.03. The highest BCUT2D eigenvalue weighted by Crippen LogP contribution is 2.23. The first-order valence-corrected chi connectivity index (χ1v) is 9.19. The van der Waals surface area contributed by atoms with E-state index in [1.807, 2.05) is 32.0 Å². The summed E-state index contributed by atoms with van der Waals surface area (Å²) >= 11 is 5.48. The topological polar surface area (TPSA) is 41.9 Å². The van der Waals surface area contributed by atoms with E-state index < -0.39 is 0 Å². The minimum Gasteiger partial charge on any atom is -0.332 e. The molecule has 3 aromatic rings. The van der Waals surface area contributed by atoms with E-state index in [0.29, 0.717) is 17.2 Å². The van der Waals surface area contributed by atoms with Crippen molar-refractivity contribution < 1.29 is 4.39 Å². The number of hydrogen-bond donors (Lipinski definition) is 2. The van der Waals surface area contributed by atoms with Gasteiger partial charge in [0.1, 0.15) is 5.82 Å². The van der Waals surface area contributed by atoms with Gasteiger partial charge in [0.15, 0.2) is 5.11 Å². The van der Waals surface area contributed by atoms with Crippen LogP contribution < -0.4 is 10.6 Å². The highest BCUT2D eigenvalue weighted by Gasteiger charge is 2.14. The molecule has 2 N–H and O–H groups in total. The van der Waals surface area contributed by atoms with Crippen LogP contribution in [0.5, 0.6) is 0 Å². The Labute approximate surface area is 164 Å². The zero-order chi connectivity index (χ0) is 19.6. The smallest absolute Gasteiger partial charge is 0.175 e. The van der Waals surface area contributed by atoms with E-state index in [2.05, 4.69) is 35.6 Å². The normalized spacial score (nSPS) is 10.7. The van der Waals surface area contributed by atoms with E-state index in [1.165, 1.54) is 11.6 Å². The second kappa shape index (κ2) is 7.88. The fourth-order valence-electron chi connectivity index (χ4n) is 2.97. The molecule has 0 fully saturated rings. The first kappa shape index (κ1) is 19.0. The molecule has 0 amide bonds. The quantitative estimate of drug-likeness (QED) is 0.615. The summed E-state index contributed by atoms with van der Waals surface area (Å²) in [5, 5.41) is 11.5. The van der Waals surface area contributed by atoms with E-state index in [-0.39, 0.29) is 5.82 Å². The number of nitrogens with zero attached hydrogens (tertiary/aromatic N) is 2. The number of anilines is 2. The van der Waals surface area contributed by atoms with Crippen LogP contribution in [-0.2, 0) is 6.54 Å². The molecule has 0 unspecified atom stereocenters. The summed E-state index contributed by atoms with van der Waals surface area (Å²) in [6, 6.07) is 12.8. The zero-order valence-electron chi connectivity index (χ0n) is 15.9. The van der Waals surface area contributed by atoms with Crippen LogP contribution in [0.3, 0.4) is 0 Å². The molecule has 140 valence electrons. The van der Waals surface area contributed by atoms with Crippen molar-refractivity contribution in [3.63, 3.8) is 0 Å². The van der Waals surface area contributed by atoms with Crippen molar-refractivity contribution in [2.75, 3.05) is 10.6 Å². The maximum Gasteiger partial charge on any atom is 0.175 e. The molecule has 0 saturated carbocycles. The summed E-state index contributed by atoms with van der Waals surface area (Å²) in [4.78, 5) is 0. The molecule has 0 atom stereocenters. The number of aromatic nitrogens is 2. The van der Waals surface area contributed by atoms with Gasteiger partial charge in [-0.2, -0.15) is 5.10 Å². The molecule has 0 radical (unpaired) electrons. The Balaban J connectivity index is 1.77. The SMILES string of the molecule is Cc1cccc(NC(=S)Nc2c(C)nn(Cc3ccccc3F)c2C)c1C. The maximum atomic E-state index is 13.9. The van der Waals surface area contributed by atoms with E-state index in [4.69, 9.17) is 12.2 Å². The van der Waals surface area contributed by atoms with Gasteiger partial charge in [-0.15, -0.1) is 0 Å². The van der Waals surface area contributed by atoms with Crippen LogP contribution in [0.25, 0.3) is 0 Å². The summed E-state index contributed by atoms with van der Waals surface area (Å²) in [6.07, 6.45) is 0. The molecular weight excluding hydrogens is 359 g/mol. The molecule has 2 aromatic carbocycles. The predicted octanol–water partition coefficient (Wildman–Crippen LogP) is 5.11. The molecule has 0 saturated heterocycles. The first-order chi connectivity index (χ1) is 12.9. The number of thiocarbonyl (C=S) groups is 1. The van der Waals surface area contributed by atoms with Gasteiger partial charge in [0.25, 0.3) is 0 Å². The Kier molecular flexibility index (Phi) is 5.56. The lowest BCUT2D eigenvalue weighted by atomic mass is 10.1. The van der Waals surface area contributed by atoms with Crippen LogP contribution >= 0.6 is 12.2 Å². The third-order valence-corrected chi connectivity index (χ3v) is 4.95. The minimum absolute atomic E-state index is 0.230. The van der Waals surface area contributed by atoms with Crippen LogP contribution in [0.2, 0.25) is 0 Å². The van der Waals surface area contributed by atoms with Crippen LogP contribution in [0.15, 0.2) is 42.5 Å². The Morgan fingerprint density at radius 2 is 1.78 bits per heavy atom. The number of hydrogen-bond acceptors (Lipinski definition) is 2. The van der Waals surface area contributed by atoms with Gasteiger partial charge in [-0.25, -0.2) is 4.39 Å². The summed E-state index contributed by atoms with van der Waals surface area (Å²) < 4.78 is 15.7. The molecule has 0 aliphatic carbocycles. The summed E-state index contributed by atoms with van der Waals surface area (Å²) in [5.74, 6) is -0.230. The standard InChI is InChI=1S/C21H23FN4S/c1-13-8-7-11-19(14(13)2)23-21(27)24-20-15(3)25-26(16(20)4)12-17-9-5-6-10-18(17)22/h5-11H,12H2,1-4H3,(H2,23,24,27). The molecular formula is C21H23FN4S. The molecule has 27 heavy (non-hydrogen) atoms. The fourth-order valence-corrected chi connectivity index (χ4v) is 3.19. The number of rotatable bonds is 4. The van der Waals surface area contributed by atoms with Crippen molar-refractivity contribution in [3.05, 3.63) is 76.4 Å². The molecule has 0 bridgehead atoms. The average Bonchev–Trinajstić information content (AvgIpc) is 2.88. The molecule has 1 aromatic heterocycles. The first-order valence-electron chi connectivity index (χ1n) is 8.78. The van der Waals surface area contributed by atoms with Crippen molar-refractivity contribution in [2.45, 2.75) is 34.2 Å². The molecule has 0 spiro atoms. The van der Waals surface area contributed by atoms with Gasteiger partial charge >= 0.3 is 0 Å². The number of aryl methyl sites for hydroxylation is 2. The van der Waals surface area contributed by atoms with E-state index in [9.17, 15) is 4.39 Å². The molecule has 0 aliphatic heterocycles. The predicted molar refractivity (Wildman–Crippen MR) is 113 cm³/mol. The number of nitrogens with one attached hydrogen (secondary N) is 2. The Bertz CT molecular complexity index is 994. The molecule has 1 heterocycles. The summed E-state index contributed by atoms with van der Waals surface area (Å²) in [6.45, 7) is 8.36. The third-order valence-electron chi connectivity index (χ3n) is 4.75. The number of benzene rings is 2. The largest absolute Gasteiger partial charge is 0.332 e. The highest BCUT2D eigenvalue weighted by molar-refractivity contribution is 7.80.